The van der Waals surface area contributed by atoms with Gasteiger partial charge in [-0.25, -0.2) is 9.18 Å². The standard InChI is InChI=1S/C13H16ClFN2O3/c1-8(3-2-4-12(18)19)16-13(20)17-11-6-5-9(15)7-10(11)14/h5-8H,2-4H2,1H3,(H,18,19)(H2,16,17,20). The fourth-order valence-electron chi connectivity index (χ4n) is 1.60. The second kappa shape index (κ2) is 7.69. The maximum Gasteiger partial charge on any atom is 0.319 e. The number of urea groups is 1. The Morgan fingerprint density at radius 1 is 1.45 bits per heavy atom. The van der Waals surface area contributed by atoms with E-state index in [0.717, 1.165) is 6.07 Å². The molecule has 2 amide bonds. The van der Waals surface area contributed by atoms with E-state index >= 15 is 0 Å². The largest absolute Gasteiger partial charge is 0.481 e. The van der Waals surface area contributed by atoms with Crippen LogP contribution in [-0.4, -0.2) is 23.1 Å². The number of carbonyl (C=O) groups excluding carboxylic acids is 1. The lowest BCUT2D eigenvalue weighted by molar-refractivity contribution is -0.137. The van der Waals surface area contributed by atoms with E-state index in [-0.39, 0.29) is 17.5 Å². The Morgan fingerprint density at radius 3 is 2.75 bits per heavy atom. The smallest absolute Gasteiger partial charge is 0.319 e. The molecule has 0 aliphatic rings. The predicted octanol–water partition coefficient (Wildman–Crippen LogP) is 3.24. The Hall–Kier alpha value is -1.82. The van der Waals surface area contributed by atoms with Gasteiger partial charge in [-0.2, -0.15) is 0 Å². The topological polar surface area (TPSA) is 78.4 Å². The molecule has 5 nitrogen and oxygen atoms in total. The summed E-state index contributed by atoms with van der Waals surface area (Å²) < 4.78 is 12.8. The van der Waals surface area contributed by atoms with Gasteiger partial charge in [0.25, 0.3) is 0 Å². The minimum Gasteiger partial charge on any atom is -0.481 e. The number of hydrogen-bond donors (Lipinski definition) is 3. The van der Waals surface area contributed by atoms with Gasteiger partial charge in [0.15, 0.2) is 0 Å². The number of hydrogen-bond acceptors (Lipinski definition) is 2. The summed E-state index contributed by atoms with van der Waals surface area (Å²) >= 11 is 5.78. The number of rotatable bonds is 6. The number of carboxylic acid groups (broad SMARTS) is 1. The summed E-state index contributed by atoms with van der Waals surface area (Å²) in [5.74, 6) is -1.34. The molecule has 0 saturated carbocycles. The molecule has 1 unspecified atom stereocenters. The van der Waals surface area contributed by atoms with Gasteiger partial charge in [0.1, 0.15) is 5.82 Å². The fourth-order valence-corrected chi connectivity index (χ4v) is 1.82. The zero-order chi connectivity index (χ0) is 15.1. The third kappa shape index (κ3) is 5.88. The van der Waals surface area contributed by atoms with Gasteiger partial charge in [0, 0.05) is 12.5 Å². The van der Waals surface area contributed by atoms with Gasteiger partial charge in [-0.05, 0) is 38.0 Å². The molecule has 0 fully saturated rings. The van der Waals surface area contributed by atoms with Crippen molar-refractivity contribution in [2.45, 2.75) is 32.2 Å². The Kier molecular flexibility index (Phi) is 6.24. The zero-order valence-electron chi connectivity index (χ0n) is 11.0. The number of benzene rings is 1. The SMILES string of the molecule is CC(CCCC(=O)O)NC(=O)Nc1ccc(F)cc1Cl. The molecule has 0 saturated heterocycles. The van der Waals surface area contributed by atoms with Crippen LogP contribution in [0.15, 0.2) is 18.2 Å². The van der Waals surface area contributed by atoms with E-state index in [1.54, 1.807) is 6.92 Å². The average molecular weight is 303 g/mol. The monoisotopic (exact) mass is 302 g/mol. The fraction of sp³-hybridized carbons (Fsp3) is 0.385. The molecule has 1 aromatic rings. The minimum absolute atomic E-state index is 0.0669. The number of nitrogens with one attached hydrogen (secondary N) is 2. The minimum atomic E-state index is -0.861. The van der Waals surface area contributed by atoms with Crippen molar-refractivity contribution in [1.29, 1.82) is 0 Å². The van der Waals surface area contributed by atoms with Crippen LogP contribution in [0.3, 0.4) is 0 Å². The van der Waals surface area contributed by atoms with Gasteiger partial charge >= 0.3 is 12.0 Å². The first-order chi connectivity index (χ1) is 9.38. The first-order valence-corrected chi connectivity index (χ1v) is 6.50. The lowest BCUT2D eigenvalue weighted by atomic mass is 10.1. The molecule has 1 atom stereocenters. The summed E-state index contributed by atoms with van der Waals surface area (Å²) in [5.41, 5.74) is 0.309. The molecule has 0 aliphatic heterocycles. The van der Waals surface area contributed by atoms with E-state index in [2.05, 4.69) is 10.6 Å². The number of aliphatic carboxylic acids is 1. The lowest BCUT2D eigenvalue weighted by Crippen LogP contribution is -2.36. The van der Waals surface area contributed by atoms with Gasteiger partial charge in [0.05, 0.1) is 10.7 Å². The summed E-state index contributed by atoms with van der Waals surface area (Å²) in [7, 11) is 0. The molecule has 1 aromatic carbocycles. The van der Waals surface area contributed by atoms with Gasteiger partial charge in [-0.1, -0.05) is 11.6 Å². The molecule has 1 rings (SSSR count). The highest BCUT2D eigenvalue weighted by molar-refractivity contribution is 6.33. The predicted molar refractivity (Wildman–Crippen MR) is 74.5 cm³/mol. The molecular weight excluding hydrogens is 287 g/mol. The summed E-state index contributed by atoms with van der Waals surface area (Å²) in [4.78, 5) is 22.0. The Bertz CT molecular complexity index is 497. The third-order valence-corrected chi connectivity index (χ3v) is 2.90. The zero-order valence-corrected chi connectivity index (χ0v) is 11.7. The van der Waals surface area contributed by atoms with E-state index in [1.807, 2.05) is 0 Å². The number of halogens is 2. The third-order valence-electron chi connectivity index (χ3n) is 2.58. The van der Waals surface area contributed by atoms with Crippen molar-refractivity contribution in [3.8, 4) is 0 Å². The quantitative estimate of drug-likeness (QED) is 0.755. The van der Waals surface area contributed by atoms with Crippen LogP contribution in [0.4, 0.5) is 14.9 Å². The van der Waals surface area contributed by atoms with Gasteiger partial charge in [-0.15, -0.1) is 0 Å². The Morgan fingerprint density at radius 2 is 2.15 bits per heavy atom. The van der Waals surface area contributed by atoms with E-state index < -0.39 is 17.8 Å². The van der Waals surface area contributed by atoms with Gasteiger partial charge in [0.2, 0.25) is 0 Å². The van der Waals surface area contributed by atoms with Crippen molar-refractivity contribution in [1.82, 2.24) is 5.32 Å². The van der Waals surface area contributed by atoms with Crippen LogP contribution < -0.4 is 10.6 Å². The average Bonchev–Trinajstić information content (AvgIpc) is 2.32. The molecule has 0 heterocycles. The highest BCUT2D eigenvalue weighted by Gasteiger charge is 2.10. The lowest BCUT2D eigenvalue weighted by Gasteiger charge is -2.14. The normalized spacial score (nSPS) is 11.8. The summed E-state index contributed by atoms with van der Waals surface area (Å²) in [6.45, 7) is 1.77. The van der Waals surface area contributed by atoms with Crippen LogP contribution in [-0.2, 0) is 4.79 Å². The Labute approximate surface area is 121 Å². The number of carbonyl (C=O) groups is 2. The van der Waals surface area contributed by atoms with E-state index in [4.69, 9.17) is 16.7 Å². The molecule has 7 heteroatoms. The van der Waals surface area contributed by atoms with Crippen molar-refractivity contribution in [2.75, 3.05) is 5.32 Å². The van der Waals surface area contributed by atoms with Crippen molar-refractivity contribution in [3.05, 3.63) is 29.0 Å². The molecule has 0 radical (unpaired) electrons. The van der Waals surface area contributed by atoms with Crippen molar-refractivity contribution in [2.24, 2.45) is 0 Å². The second-order valence-corrected chi connectivity index (χ2v) is 4.82. The highest BCUT2D eigenvalue weighted by atomic mass is 35.5. The summed E-state index contributed by atoms with van der Waals surface area (Å²) in [6, 6.07) is 3.02. The first-order valence-electron chi connectivity index (χ1n) is 6.13. The molecule has 0 aliphatic carbocycles. The number of amides is 2. The molecule has 20 heavy (non-hydrogen) atoms. The number of anilines is 1. The van der Waals surface area contributed by atoms with Crippen LogP contribution in [0.1, 0.15) is 26.2 Å². The molecule has 0 spiro atoms. The molecule has 110 valence electrons. The van der Waals surface area contributed by atoms with Crippen LogP contribution in [0.25, 0.3) is 0 Å². The summed E-state index contributed by atoms with van der Waals surface area (Å²) in [5, 5.41) is 13.8. The van der Waals surface area contributed by atoms with E-state index in [9.17, 15) is 14.0 Å². The summed E-state index contributed by atoms with van der Waals surface area (Å²) in [6.07, 6.45) is 1.10. The molecular formula is C13H16ClFN2O3. The Balaban J connectivity index is 2.41. The second-order valence-electron chi connectivity index (χ2n) is 4.41. The van der Waals surface area contributed by atoms with Crippen molar-refractivity contribution < 1.29 is 19.1 Å². The van der Waals surface area contributed by atoms with Crippen molar-refractivity contribution in [3.63, 3.8) is 0 Å². The maximum absolute atomic E-state index is 12.8. The van der Waals surface area contributed by atoms with Gasteiger partial charge < -0.3 is 15.7 Å². The van der Waals surface area contributed by atoms with Crippen LogP contribution in [0, 0.1) is 5.82 Å². The van der Waals surface area contributed by atoms with E-state index in [0.29, 0.717) is 18.5 Å². The molecule has 0 aromatic heterocycles. The van der Waals surface area contributed by atoms with E-state index in [1.165, 1.54) is 12.1 Å². The van der Waals surface area contributed by atoms with Crippen LogP contribution in [0.5, 0.6) is 0 Å². The van der Waals surface area contributed by atoms with Crippen LogP contribution >= 0.6 is 11.6 Å². The molecule has 3 N–H and O–H groups in total. The first kappa shape index (κ1) is 16.2. The number of carboxylic acids is 1. The van der Waals surface area contributed by atoms with Gasteiger partial charge in [-0.3, -0.25) is 4.79 Å². The van der Waals surface area contributed by atoms with Crippen molar-refractivity contribution >= 4 is 29.3 Å². The highest BCUT2D eigenvalue weighted by Crippen LogP contribution is 2.22. The molecule has 0 bridgehead atoms. The van der Waals surface area contributed by atoms with Crippen LogP contribution in [0.2, 0.25) is 5.02 Å². The maximum atomic E-state index is 12.8.